The Morgan fingerprint density at radius 1 is 1.38 bits per heavy atom. The summed E-state index contributed by atoms with van der Waals surface area (Å²) >= 11 is 2.93. The zero-order valence-electron chi connectivity index (χ0n) is 13.0. The molecule has 2 aromatic rings. The van der Waals surface area contributed by atoms with E-state index in [1.807, 2.05) is 31.2 Å². The highest BCUT2D eigenvalue weighted by Gasteiger charge is 2.23. The molecular formula is C17H15N3O2S2. The number of benzene rings is 1. The second-order valence-corrected chi connectivity index (χ2v) is 7.46. The number of thioether (sulfide) groups is 1. The van der Waals surface area contributed by atoms with E-state index in [0.29, 0.717) is 16.5 Å². The summed E-state index contributed by atoms with van der Waals surface area (Å²) in [6, 6.07) is 11.6. The maximum absolute atomic E-state index is 12.2. The Labute approximate surface area is 148 Å². The third-order valence-corrected chi connectivity index (χ3v) is 5.66. The van der Waals surface area contributed by atoms with Crippen LogP contribution in [0.15, 0.2) is 30.3 Å². The van der Waals surface area contributed by atoms with Crippen LogP contribution in [-0.4, -0.2) is 34.9 Å². The number of carbonyl (C=O) groups excluding carboxylic acids is 2. The molecule has 1 fully saturated rings. The predicted octanol–water partition coefficient (Wildman–Crippen LogP) is 3.07. The van der Waals surface area contributed by atoms with Crippen LogP contribution in [0.1, 0.15) is 10.4 Å². The van der Waals surface area contributed by atoms with Crippen LogP contribution in [0.3, 0.4) is 0 Å². The number of anilines is 1. The highest BCUT2D eigenvalue weighted by Crippen LogP contribution is 2.31. The highest BCUT2D eigenvalue weighted by molar-refractivity contribution is 8.00. The lowest BCUT2D eigenvalue weighted by Gasteiger charge is -2.15. The van der Waals surface area contributed by atoms with Crippen molar-refractivity contribution >= 4 is 40.6 Å². The zero-order valence-corrected chi connectivity index (χ0v) is 14.7. The molecule has 2 amide bonds. The lowest BCUT2D eigenvalue weighted by molar-refractivity contribution is -0.130. The minimum Gasteiger partial charge on any atom is -0.324 e. The molecule has 0 bridgehead atoms. The number of aryl methyl sites for hydroxylation is 1. The van der Waals surface area contributed by atoms with Gasteiger partial charge in [0.2, 0.25) is 11.8 Å². The number of nitrogens with one attached hydrogen (secondary N) is 1. The molecule has 2 heterocycles. The number of rotatable bonds is 4. The maximum atomic E-state index is 12.2. The van der Waals surface area contributed by atoms with Gasteiger partial charge >= 0.3 is 0 Å². The van der Waals surface area contributed by atoms with Crippen LogP contribution in [0.5, 0.6) is 0 Å². The fourth-order valence-electron chi connectivity index (χ4n) is 2.37. The van der Waals surface area contributed by atoms with Crippen molar-refractivity contribution in [1.29, 1.82) is 5.26 Å². The number of nitrogens with zero attached hydrogens (tertiary/aromatic N) is 2. The first-order chi connectivity index (χ1) is 11.6. The summed E-state index contributed by atoms with van der Waals surface area (Å²) in [4.78, 5) is 27.0. The van der Waals surface area contributed by atoms with Crippen molar-refractivity contribution < 1.29 is 9.59 Å². The topological polar surface area (TPSA) is 73.2 Å². The zero-order chi connectivity index (χ0) is 17.1. The van der Waals surface area contributed by atoms with Gasteiger partial charge in [0.1, 0.15) is 17.5 Å². The summed E-state index contributed by atoms with van der Waals surface area (Å²) < 4.78 is 0. The quantitative estimate of drug-likeness (QED) is 0.913. The average Bonchev–Trinajstić information content (AvgIpc) is 3.19. The number of nitriles is 1. The Hall–Kier alpha value is -2.30. The second-order valence-electron chi connectivity index (χ2n) is 5.42. The fraction of sp³-hybridized carbons (Fsp3) is 0.235. The standard InChI is InChI=1S/C17H15N3O2S2/c1-11-2-3-12(15-5-4-13(7-18)24-15)6-14(11)19-16(21)8-20-10-23-9-17(20)22/h2-6H,8-10H2,1H3,(H,19,21). The van der Waals surface area contributed by atoms with Gasteiger partial charge in [-0.3, -0.25) is 9.59 Å². The SMILES string of the molecule is Cc1ccc(-c2ccc(C#N)s2)cc1NC(=O)CN1CSCC1=O. The van der Waals surface area contributed by atoms with Gasteiger partial charge in [-0.05, 0) is 36.2 Å². The van der Waals surface area contributed by atoms with E-state index < -0.39 is 0 Å². The predicted molar refractivity (Wildman–Crippen MR) is 96.9 cm³/mol. The number of hydrogen-bond donors (Lipinski definition) is 1. The minimum absolute atomic E-state index is 0.00300. The molecule has 0 atom stereocenters. The molecule has 0 aliphatic carbocycles. The number of carbonyl (C=O) groups is 2. The second kappa shape index (κ2) is 7.07. The van der Waals surface area contributed by atoms with Crippen molar-refractivity contribution in [3.05, 3.63) is 40.8 Å². The minimum atomic E-state index is -0.199. The van der Waals surface area contributed by atoms with Gasteiger partial charge in [0.25, 0.3) is 0 Å². The van der Waals surface area contributed by atoms with Crippen molar-refractivity contribution in [2.45, 2.75) is 6.92 Å². The molecule has 5 nitrogen and oxygen atoms in total. The molecule has 24 heavy (non-hydrogen) atoms. The van der Waals surface area contributed by atoms with Gasteiger partial charge in [0, 0.05) is 10.6 Å². The molecule has 0 radical (unpaired) electrons. The number of thiophene rings is 1. The summed E-state index contributed by atoms with van der Waals surface area (Å²) in [5.41, 5.74) is 2.63. The third-order valence-electron chi connectivity index (χ3n) is 3.67. The van der Waals surface area contributed by atoms with Crippen LogP contribution in [0.25, 0.3) is 10.4 Å². The lowest BCUT2D eigenvalue weighted by Crippen LogP contribution is -2.34. The molecule has 1 aliphatic heterocycles. The van der Waals surface area contributed by atoms with E-state index in [1.165, 1.54) is 23.1 Å². The molecule has 0 spiro atoms. The van der Waals surface area contributed by atoms with E-state index in [1.54, 1.807) is 11.0 Å². The lowest BCUT2D eigenvalue weighted by atomic mass is 10.1. The fourth-order valence-corrected chi connectivity index (χ4v) is 4.07. The van der Waals surface area contributed by atoms with E-state index >= 15 is 0 Å². The van der Waals surface area contributed by atoms with Crippen LogP contribution < -0.4 is 5.32 Å². The Morgan fingerprint density at radius 2 is 2.21 bits per heavy atom. The van der Waals surface area contributed by atoms with Crippen molar-refractivity contribution in [3.8, 4) is 16.5 Å². The van der Waals surface area contributed by atoms with E-state index in [-0.39, 0.29) is 18.4 Å². The van der Waals surface area contributed by atoms with Gasteiger partial charge in [0.15, 0.2) is 0 Å². The Balaban J connectivity index is 1.75. The molecule has 0 unspecified atom stereocenters. The molecule has 1 aliphatic rings. The van der Waals surface area contributed by atoms with E-state index in [2.05, 4.69) is 11.4 Å². The molecule has 0 saturated carbocycles. The monoisotopic (exact) mass is 357 g/mol. The molecule has 122 valence electrons. The van der Waals surface area contributed by atoms with Crippen LogP contribution in [0.4, 0.5) is 5.69 Å². The van der Waals surface area contributed by atoms with Crippen molar-refractivity contribution in [2.75, 3.05) is 23.5 Å². The summed E-state index contributed by atoms with van der Waals surface area (Å²) in [5, 5.41) is 11.8. The molecule has 1 aromatic carbocycles. The van der Waals surface area contributed by atoms with Crippen LogP contribution in [0.2, 0.25) is 0 Å². The third kappa shape index (κ3) is 3.61. The molecule has 1 saturated heterocycles. The summed E-state index contributed by atoms with van der Waals surface area (Å²) in [6.07, 6.45) is 0. The van der Waals surface area contributed by atoms with Crippen molar-refractivity contribution in [1.82, 2.24) is 4.90 Å². The van der Waals surface area contributed by atoms with Crippen LogP contribution in [0, 0.1) is 18.3 Å². The van der Waals surface area contributed by atoms with Gasteiger partial charge in [-0.15, -0.1) is 23.1 Å². The Bertz CT molecular complexity index is 839. The van der Waals surface area contributed by atoms with E-state index in [4.69, 9.17) is 5.26 Å². The maximum Gasteiger partial charge on any atom is 0.244 e. The summed E-state index contributed by atoms with van der Waals surface area (Å²) in [5.74, 6) is 0.817. The first-order valence-electron chi connectivity index (χ1n) is 7.33. The van der Waals surface area contributed by atoms with Crippen molar-refractivity contribution in [3.63, 3.8) is 0 Å². The van der Waals surface area contributed by atoms with E-state index in [0.717, 1.165) is 21.7 Å². The Kier molecular flexibility index (Phi) is 4.88. The normalized spacial score (nSPS) is 13.8. The summed E-state index contributed by atoms with van der Waals surface area (Å²) in [7, 11) is 0. The number of amides is 2. The van der Waals surface area contributed by atoms with Crippen molar-refractivity contribution in [2.24, 2.45) is 0 Å². The largest absolute Gasteiger partial charge is 0.324 e. The molecule has 7 heteroatoms. The number of hydrogen-bond acceptors (Lipinski definition) is 5. The Morgan fingerprint density at radius 3 is 2.88 bits per heavy atom. The van der Waals surface area contributed by atoms with Gasteiger partial charge in [-0.25, -0.2) is 0 Å². The summed E-state index contributed by atoms with van der Waals surface area (Å²) in [6.45, 7) is 2.00. The van der Waals surface area contributed by atoms with Gasteiger partial charge in [0.05, 0.1) is 11.6 Å². The van der Waals surface area contributed by atoms with E-state index in [9.17, 15) is 9.59 Å². The first-order valence-corrected chi connectivity index (χ1v) is 9.30. The van der Waals surface area contributed by atoms with Gasteiger partial charge in [-0.1, -0.05) is 12.1 Å². The molecule has 3 rings (SSSR count). The smallest absolute Gasteiger partial charge is 0.244 e. The molecule has 1 N–H and O–H groups in total. The highest BCUT2D eigenvalue weighted by atomic mass is 32.2. The average molecular weight is 357 g/mol. The van der Waals surface area contributed by atoms with Crippen LogP contribution in [-0.2, 0) is 9.59 Å². The van der Waals surface area contributed by atoms with Gasteiger partial charge < -0.3 is 10.2 Å². The van der Waals surface area contributed by atoms with Crippen LogP contribution >= 0.6 is 23.1 Å². The molecular weight excluding hydrogens is 342 g/mol. The first kappa shape index (κ1) is 16.6. The van der Waals surface area contributed by atoms with Gasteiger partial charge in [-0.2, -0.15) is 5.26 Å². The molecule has 1 aromatic heterocycles.